The Labute approximate surface area is 105 Å². The summed E-state index contributed by atoms with van der Waals surface area (Å²) in [5.41, 5.74) is 0. The van der Waals surface area contributed by atoms with Gasteiger partial charge in [-0.05, 0) is 38.4 Å². The van der Waals surface area contributed by atoms with Crippen LogP contribution in [-0.2, 0) is 6.42 Å². The number of rotatable bonds is 4. The SMILES string of the molecule is CCN1CCC(Cc2ncc(C(=O)O)s2)CC1. The minimum absolute atomic E-state index is 0.353. The van der Waals surface area contributed by atoms with Crippen LogP contribution in [0.2, 0.25) is 0 Å². The van der Waals surface area contributed by atoms with E-state index in [0.29, 0.717) is 10.8 Å². The molecule has 0 bridgehead atoms. The fraction of sp³-hybridized carbons (Fsp3) is 0.667. The molecule has 1 aromatic heterocycles. The van der Waals surface area contributed by atoms with Gasteiger partial charge in [0, 0.05) is 6.42 Å². The maximum atomic E-state index is 10.8. The lowest BCUT2D eigenvalue weighted by atomic mass is 9.94. The second-order valence-corrected chi connectivity index (χ2v) is 5.62. The minimum Gasteiger partial charge on any atom is -0.477 e. The molecule has 0 amide bonds. The molecule has 2 heterocycles. The molecular formula is C12H18N2O2S. The molecule has 0 radical (unpaired) electrons. The summed E-state index contributed by atoms with van der Waals surface area (Å²) in [4.78, 5) is 17.8. The van der Waals surface area contributed by atoms with Crippen molar-refractivity contribution in [1.82, 2.24) is 9.88 Å². The van der Waals surface area contributed by atoms with Crippen LogP contribution in [0, 0.1) is 5.92 Å². The summed E-state index contributed by atoms with van der Waals surface area (Å²) in [6.07, 6.45) is 4.82. The fourth-order valence-electron chi connectivity index (χ4n) is 2.26. The Bertz CT molecular complexity index is 384. The highest BCUT2D eigenvalue weighted by atomic mass is 32.1. The van der Waals surface area contributed by atoms with Gasteiger partial charge >= 0.3 is 5.97 Å². The highest BCUT2D eigenvalue weighted by Crippen LogP contribution is 2.23. The molecule has 1 aliphatic heterocycles. The molecule has 1 aromatic rings. The lowest BCUT2D eigenvalue weighted by Gasteiger charge is -2.30. The van der Waals surface area contributed by atoms with Crippen molar-refractivity contribution in [3.63, 3.8) is 0 Å². The van der Waals surface area contributed by atoms with Crippen molar-refractivity contribution in [2.24, 2.45) is 5.92 Å². The van der Waals surface area contributed by atoms with Crippen LogP contribution in [0.25, 0.3) is 0 Å². The van der Waals surface area contributed by atoms with Gasteiger partial charge in [-0.25, -0.2) is 9.78 Å². The number of hydrogen-bond acceptors (Lipinski definition) is 4. The molecule has 5 heteroatoms. The second kappa shape index (κ2) is 5.60. The maximum Gasteiger partial charge on any atom is 0.347 e. The highest BCUT2D eigenvalue weighted by Gasteiger charge is 2.20. The summed E-state index contributed by atoms with van der Waals surface area (Å²) in [6, 6.07) is 0. The topological polar surface area (TPSA) is 53.4 Å². The zero-order chi connectivity index (χ0) is 12.3. The van der Waals surface area contributed by atoms with Gasteiger partial charge in [0.25, 0.3) is 0 Å². The van der Waals surface area contributed by atoms with E-state index in [4.69, 9.17) is 5.11 Å². The lowest BCUT2D eigenvalue weighted by molar-refractivity contribution is 0.0702. The number of nitrogens with zero attached hydrogens (tertiary/aromatic N) is 2. The molecule has 0 aliphatic carbocycles. The summed E-state index contributed by atoms with van der Waals surface area (Å²) in [6.45, 7) is 5.66. The Morgan fingerprint density at radius 1 is 1.59 bits per heavy atom. The first-order valence-electron chi connectivity index (χ1n) is 6.09. The first-order chi connectivity index (χ1) is 8.19. The minimum atomic E-state index is -0.866. The van der Waals surface area contributed by atoms with Crippen molar-refractivity contribution in [3.05, 3.63) is 16.1 Å². The summed E-state index contributed by atoms with van der Waals surface area (Å²) >= 11 is 1.32. The third-order valence-electron chi connectivity index (χ3n) is 3.38. The molecule has 1 N–H and O–H groups in total. The van der Waals surface area contributed by atoms with Crippen LogP contribution in [0.4, 0.5) is 0 Å². The molecule has 94 valence electrons. The van der Waals surface area contributed by atoms with Gasteiger partial charge in [-0.15, -0.1) is 11.3 Å². The molecule has 0 atom stereocenters. The highest BCUT2D eigenvalue weighted by molar-refractivity contribution is 7.13. The summed E-state index contributed by atoms with van der Waals surface area (Å²) in [5, 5.41) is 9.80. The van der Waals surface area contributed by atoms with E-state index < -0.39 is 5.97 Å². The second-order valence-electron chi connectivity index (χ2n) is 4.51. The number of thiazole rings is 1. The number of aromatic nitrogens is 1. The van der Waals surface area contributed by atoms with Gasteiger partial charge < -0.3 is 10.0 Å². The summed E-state index contributed by atoms with van der Waals surface area (Å²) in [5.74, 6) is -0.194. The predicted octanol–water partition coefficient (Wildman–Crippen LogP) is 2.12. The average Bonchev–Trinajstić information content (AvgIpc) is 2.79. The first kappa shape index (κ1) is 12.5. The Kier molecular flexibility index (Phi) is 4.12. The van der Waals surface area contributed by atoms with Crippen LogP contribution in [0.3, 0.4) is 0 Å². The van der Waals surface area contributed by atoms with E-state index in [1.165, 1.54) is 43.5 Å². The van der Waals surface area contributed by atoms with Crippen molar-refractivity contribution in [3.8, 4) is 0 Å². The molecular weight excluding hydrogens is 236 g/mol. The number of piperidine rings is 1. The number of carboxylic acid groups (broad SMARTS) is 1. The van der Waals surface area contributed by atoms with E-state index in [9.17, 15) is 4.79 Å². The van der Waals surface area contributed by atoms with Crippen LogP contribution in [-0.4, -0.2) is 40.6 Å². The van der Waals surface area contributed by atoms with E-state index >= 15 is 0 Å². The van der Waals surface area contributed by atoms with Gasteiger partial charge in [0.05, 0.1) is 11.2 Å². The maximum absolute atomic E-state index is 10.8. The van der Waals surface area contributed by atoms with Crippen LogP contribution >= 0.6 is 11.3 Å². The first-order valence-corrected chi connectivity index (χ1v) is 6.91. The molecule has 0 spiro atoms. The van der Waals surface area contributed by atoms with Crippen LogP contribution < -0.4 is 0 Å². The Morgan fingerprint density at radius 3 is 2.82 bits per heavy atom. The van der Waals surface area contributed by atoms with Crippen molar-refractivity contribution < 1.29 is 9.90 Å². The Morgan fingerprint density at radius 2 is 2.29 bits per heavy atom. The number of aromatic carboxylic acids is 1. The smallest absolute Gasteiger partial charge is 0.347 e. The molecule has 2 rings (SSSR count). The Hall–Kier alpha value is -0.940. The molecule has 17 heavy (non-hydrogen) atoms. The molecule has 1 fully saturated rings. The largest absolute Gasteiger partial charge is 0.477 e. The van der Waals surface area contributed by atoms with Gasteiger partial charge in [0.1, 0.15) is 4.88 Å². The van der Waals surface area contributed by atoms with Crippen molar-refractivity contribution in [2.75, 3.05) is 19.6 Å². The molecule has 1 saturated heterocycles. The average molecular weight is 254 g/mol. The van der Waals surface area contributed by atoms with E-state index in [1.54, 1.807) is 0 Å². The van der Waals surface area contributed by atoms with Gasteiger partial charge in [-0.3, -0.25) is 0 Å². The van der Waals surface area contributed by atoms with E-state index in [0.717, 1.165) is 18.0 Å². The van der Waals surface area contributed by atoms with E-state index in [2.05, 4.69) is 16.8 Å². The number of carbonyl (C=O) groups is 1. The lowest BCUT2D eigenvalue weighted by Crippen LogP contribution is -2.33. The number of likely N-dealkylation sites (tertiary alicyclic amines) is 1. The molecule has 4 nitrogen and oxygen atoms in total. The number of carboxylic acids is 1. The molecule has 0 unspecified atom stereocenters. The monoisotopic (exact) mass is 254 g/mol. The summed E-state index contributed by atoms with van der Waals surface area (Å²) < 4.78 is 0. The van der Waals surface area contributed by atoms with Crippen molar-refractivity contribution in [1.29, 1.82) is 0 Å². The van der Waals surface area contributed by atoms with Crippen LogP contribution in [0.15, 0.2) is 6.20 Å². The normalized spacial score (nSPS) is 18.4. The summed E-state index contributed by atoms with van der Waals surface area (Å²) in [7, 11) is 0. The molecule has 0 aromatic carbocycles. The van der Waals surface area contributed by atoms with E-state index in [-0.39, 0.29) is 0 Å². The van der Waals surface area contributed by atoms with Crippen LogP contribution in [0.5, 0.6) is 0 Å². The van der Waals surface area contributed by atoms with Gasteiger partial charge in [-0.1, -0.05) is 6.92 Å². The van der Waals surface area contributed by atoms with E-state index in [1.807, 2.05) is 0 Å². The van der Waals surface area contributed by atoms with Crippen LogP contribution in [0.1, 0.15) is 34.4 Å². The zero-order valence-electron chi connectivity index (χ0n) is 10.1. The molecule has 0 saturated carbocycles. The Balaban J connectivity index is 1.86. The predicted molar refractivity (Wildman–Crippen MR) is 67.6 cm³/mol. The zero-order valence-corrected chi connectivity index (χ0v) is 10.9. The number of hydrogen-bond donors (Lipinski definition) is 1. The quantitative estimate of drug-likeness (QED) is 0.894. The molecule has 1 aliphatic rings. The van der Waals surface area contributed by atoms with Gasteiger partial charge in [-0.2, -0.15) is 0 Å². The third kappa shape index (κ3) is 3.26. The van der Waals surface area contributed by atoms with Crippen molar-refractivity contribution in [2.45, 2.75) is 26.2 Å². The van der Waals surface area contributed by atoms with Gasteiger partial charge in [0.2, 0.25) is 0 Å². The van der Waals surface area contributed by atoms with Gasteiger partial charge in [0.15, 0.2) is 0 Å². The van der Waals surface area contributed by atoms with Crippen molar-refractivity contribution >= 4 is 17.3 Å². The fourth-order valence-corrected chi connectivity index (χ4v) is 3.13. The third-order valence-corrected chi connectivity index (χ3v) is 4.39. The standard InChI is InChI=1S/C12H18N2O2S/c1-2-14-5-3-9(4-6-14)7-11-13-8-10(17-11)12(15)16/h8-9H,2-7H2,1H3,(H,15,16).